The lowest BCUT2D eigenvalue weighted by Crippen LogP contribution is -2.42. The SMILES string of the molecule is CC(=O)c1nc(-c2ccncc2)sc1CN1CCCC1.CC(=O)c1nc(-c2ccncc2)sc1CN1CCCCC1.CC(=O)c1nc(-c2ccncc2)sc1CN1CCNCC1.CC(=O)c1nc(-c2ccncc2)sc1CN1CCOCC1.CCOC(=O)c1sc(-c2ccncc2)nc1Nc1ccccc1N. The van der Waals surface area contributed by atoms with Gasteiger partial charge in [0.15, 0.2) is 33.8 Å². The van der Waals surface area contributed by atoms with E-state index in [1.54, 1.807) is 148 Å². The minimum atomic E-state index is -0.410. The predicted molar refractivity (Wildman–Crippen MR) is 425 cm³/mol. The van der Waals surface area contributed by atoms with Crippen molar-refractivity contribution in [2.45, 2.75) is 92.9 Å². The van der Waals surface area contributed by atoms with Crippen LogP contribution in [0.5, 0.6) is 0 Å². The van der Waals surface area contributed by atoms with E-state index in [1.165, 1.54) is 43.4 Å². The van der Waals surface area contributed by atoms with Gasteiger partial charge in [0.1, 0.15) is 47.8 Å². The molecule has 4 aliphatic heterocycles. The number of piperidine rings is 1. The minimum Gasteiger partial charge on any atom is -0.462 e. The summed E-state index contributed by atoms with van der Waals surface area (Å²) in [6.07, 6.45) is 23.7. The number of ketones is 4. The van der Waals surface area contributed by atoms with Crippen LogP contribution in [-0.2, 0) is 35.7 Å². The maximum absolute atomic E-state index is 12.2. The number of nitrogen functional groups attached to an aromatic ring is 1. The first-order valence-corrected chi connectivity index (χ1v) is 39.7. The van der Waals surface area contributed by atoms with Crippen LogP contribution < -0.4 is 16.4 Å². The number of likely N-dealkylation sites (tertiary alicyclic amines) is 2. The number of anilines is 3. The summed E-state index contributed by atoms with van der Waals surface area (Å²) < 4.78 is 10.5. The summed E-state index contributed by atoms with van der Waals surface area (Å²) in [5, 5.41) is 10.8. The van der Waals surface area contributed by atoms with Gasteiger partial charge >= 0.3 is 5.97 Å². The van der Waals surface area contributed by atoms with Crippen LogP contribution in [-0.4, -0.2) is 184 Å². The monoisotopic (exact) mass is 1530 g/mol. The molecule has 1 aromatic carbocycles. The number of morpholine rings is 1. The molecule has 0 aliphatic carbocycles. The van der Waals surface area contributed by atoms with Crippen molar-refractivity contribution < 1.29 is 33.4 Å². The number of Topliss-reactive ketones (excluding diaryl/α,β-unsaturated/α-hetero) is 4. The maximum atomic E-state index is 12.2. The van der Waals surface area contributed by atoms with Crippen LogP contribution in [0.25, 0.3) is 52.9 Å². The summed E-state index contributed by atoms with van der Waals surface area (Å²) in [6, 6.07) is 26.4. The molecule has 11 aromatic rings. The highest BCUT2D eigenvalue weighted by Gasteiger charge is 2.26. The Kier molecular flexibility index (Phi) is 29.4. The van der Waals surface area contributed by atoms with E-state index >= 15 is 0 Å². The van der Waals surface area contributed by atoms with Crippen molar-refractivity contribution in [2.24, 2.45) is 0 Å². The predicted octanol–water partition coefficient (Wildman–Crippen LogP) is 14.2. The topological polar surface area (TPSA) is 296 Å². The second-order valence-electron chi connectivity index (χ2n) is 25.4. The average Bonchev–Trinajstić information content (AvgIpc) is 1.69. The fourth-order valence-corrected chi connectivity index (χ4v) is 17.6. The van der Waals surface area contributed by atoms with Crippen LogP contribution in [0.1, 0.15) is 138 Å². The quantitative estimate of drug-likeness (QED) is 0.0342. The number of ether oxygens (including phenoxy) is 2. The van der Waals surface area contributed by atoms with Crippen LogP contribution in [0.15, 0.2) is 147 Å². The number of pyridine rings is 5. The Balaban J connectivity index is 0.000000133. The Hall–Kier alpha value is -9.37. The van der Waals surface area contributed by atoms with Crippen molar-refractivity contribution in [2.75, 3.05) is 96.3 Å². The van der Waals surface area contributed by atoms with Gasteiger partial charge in [-0.1, -0.05) is 18.6 Å². The van der Waals surface area contributed by atoms with Crippen LogP contribution in [0.2, 0.25) is 0 Å². The van der Waals surface area contributed by atoms with Gasteiger partial charge in [0, 0.05) is 183 Å². The molecule has 15 rings (SSSR count). The first-order valence-electron chi connectivity index (χ1n) is 35.7. The van der Waals surface area contributed by atoms with Gasteiger partial charge < -0.3 is 25.8 Å². The number of hydrogen-bond acceptors (Lipinski definition) is 29. The molecule has 0 spiro atoms. The molecule has 0 unspecified atom stereocenters. The van der Waals surface area contributed by atoms with Crippen molar-refractivity contribution in [1.29, 1.82) is 0 Å². The number of para-hydroxylation sites is 2. The zero-order chi connectivity index (χ0) is 74.9. The fraction of sp³-hybridized carbons (Fsp3) is 0.346. The number of hydrogen-bond donors (Lipinski definition) is 3. The molecule has 556 valence electrons. The van der Waals surface area contributed by atoms with Gasteiger partial charge in [-0.25, -0.2) is 29.7 Å². The van der Waals surface area contributed by atoms with Crippen LogP contribution in [0.4, 0.5) is 17.2 Å². The highest BCUT2D eigenvalue weighted by atomic mass is 32.1. The number of benzene rings is 1. The van der Waals surface area contributed by atoms with Crippen molar-refractivity contribution in [3.8, 4) is 52.9 Å². The molecule has 4 saturated heterocycles. The lowest BCUT2D eigenvalue weighted by atomic mass is 10.1. The number of rotatable bonds is 21. The molecule has 0 bridgehead atoms. The molecule has 10 aromatic heterocycles. The average molecular weight is 1540 g/mol. The number of carbonyl (C=O) groups excluding carboxylic acids is 5. The lowest BCUT2D eigenvalue weighted by molar-refractivity contribution is 0.0345. The second kappa shape index (κ2) is 40.0. The van der Waals surface area contributed by atoms with E-state index in [0.717, 1.165) is 172 Å². The molecular formula is C78H87N17O7S5. The Morgan fingerprint density at radius 3 is 1.08 bits per heavy atom. The number of piperazine rings is 1. The summed E-state index contributed by atoms with van der Waals surface area (Å²) in [5.41, 5.74) is 14.7. The summed E-state index contributed by atoms with van der Waals surface area (Å²) in [6.45, 7) is 23.5. The van der Waals surface area contributed by atoms with Crippen LogP contribution >= 0.6 is 56.7 Å². The largest absolute Gasteiger partial charge is 0.462 e. The molecule has 14 heterocycles. The Labute approximate surface area is 643 Å². The maximum Gasteiger partial charge on any atom is 0.352 e. The Morgan fingerprint density at radius 2 is 0.748 bits per heavy atom. The second-order valence-corrected chi connectivity index (χ2v) is 30.8. The molecule has 0 saturated carbocycles. The first-order chi connectivity index (χ1) is 52.1. The molecule has 4 N–H and O–H groups in total. The number of thiazole rings is 5. The van der Waals surface area contributed by atoms with Gasteiger partial charge in [0.2, 0.25) is 0 Å². The molecular weight excluding hydrogens is 1450 g/mol. The standard InChI is InChI=1S/C17H16N4O2S.C16H19N3OS.C15H18N4OS.C15H17N3O2S.C15H17N3OS/c1-2-23-17(22)14-15(20-13-6-4-3-5-12(13)18)21-16(24-14)11-7-9-19-10-8-11;1-12(20)15-14(11-19-9-3-2-4-10-19)21-16(18-15)13-5-7-17-8-6-13;1-11(20)14-13(10-19-8-6-17-7-9-19)21-15(18-14)12-2-4-16-5-3-12;1-11(19)14-13(10-18-6-8-20-9-7-18)21-15(17-14)12-2-4-16-5-3-12;1-11(19)14-13(10-18-8-2-3-9-18)20-15(17-14)12-4-6-16-7-5-12/h3-10,20H,2,18H2,1H3;5-8H,2-4,9-11H2,1H3;2-5,17H,6-10H2,1H3;2-5H,6-10H2,1H3;4-7H,2-3,8-10H2,1H3. The third kappa shape index (κ3) is 22.6. The van der Waals surface area contributed by atoms with E-state index in [9.17, 15) is 24.0 Å². The minimum absolute atomic E-state index is 0.0230. The summed E-state index contributed by atoms with van der Waals surface area (Å²) in [5.74, 6) is 0.191. The van der Waals surface area contributed by atoms with Gasteiger partial charge in [-0.2, -0.15) is 0 Å². The van der Waals surface area contributed by atoms with E-state index in [0.29, 0.717) is 56.5 Å². The molecule has 0 amide bonds. The molecule has 4 fully saturated rings. The molecule has 0 atom stereocenters. The Morgan fingerprint density at radius 1 is 0.430 bits per heavy atom. The molecule has 29 heteroatoms. The first kappa shape index (κ1) is 78.7. The summed E-state index contributed by atoms with van der Waals surface area (Å²) in [4.78, 5) is 117. The third-order valence-corrected chi connectivity index (χ3v) is 22.9. The normalized spacial score (nSPS) is 14.7. The van der Waals surface area contributed by atoms with Gasteiger partial charge in [0.05, 0.1) is 50.7 Å². The number of aromatic nitrogens is 10. The van der Waals surface area contributed by atoms with Crippen LogP contribution in [0, 0.1) is 0 Å². The van der Waals surface area contributed by atoms with Crippen molar-refractivity contribution in [3.63, 3.8) is 0 Å². The van der Waals surface area contributed by atoms with E-state index in [2.05, 4.69) is 80.1 Å². The highest BCUT2D eigenvalue weighted by Crippen LogP contribution is 2.37. The zero-order valence-electron chi connectivity index (χ0n) is 60.7. The number of carbonyl (C=O) groups is 5. The highest BCUT2D eigenvalue weighted by molar-refractivity contribution is 7.17. The van der Waals surface area contributed by atoms with Crippen LogP contribution in [0.3, 0.4) is 0 Å². The van der Waals surface area contributed by atoms with E-state index in [1.807, 2.05) is 78.9 Å². The van der Waals surface area contributed by atoms with Crippen molar-refractivity contribution in [3.05, 3.63) is 194 Å². The van der Waals surface area contributed by atoms with Gasteiger partial charge in [-0.15, -0.1) is 56.7 Å². The number of nitrogens with one attached hydrogen (secondary N) is 2. The number of nitrogens with zero attached hydrogens (tertiary/aromatic N) is 14. The number of esters is 1. The van der Waals surface area contributed by atoms with E-state index < -0.39 is 5.97 Å². The van der Waals surface area contributed by atoms with E-state index in [-0.39, 0.29) is 23.1 Å². The molecule has 4 aliphatic rings. The molecule has 0 radical (unpaired) electrons. The third-order valence-electron chi connectivity index (χ3n) is 17.5. The summed E-state index contributed by atoms with van der Waals surface area (Å²) >= 11 is 7.73. The lowest BCUT2D eigenvalue weighted by Gasteiger charge is -2.26. The Bertz CT molecular complexity index is 4410. The fourth-order valence-electron chi connectivity index (χ4n) is 12.0. The summed E-state index contributed by atoms with van der Waals surface area (Å²) in [7, 11) is 0. The number of nitrogens with two attached hydrogens (primary N) is 1. The van der Waals surface area contributed by atoms with Gasteiger partial charge in [0.25, 0.3) is 0 Å². The van der Waals surface area contributed by atoms with Gasteiger partial charge in [-0.05, 0) is 132 Å². The zero-order valence-corrected chi connectivity index (χ0v) is 64.7. The van der Waals surface area contributed by atoms with Gasteiger partial charge in [-0.3, -0.25) is 63.7 Å². The molecule has 107 heavy (non-hydrogen) atoms. The van der Waals surface area contributed by atoms with Crippen molar-refractivity contribution >= 4 is 103 Å². The van der Waals surface area contributed by atoms with E-state index in [4.69, 9.17) is 15.2 Å². The molecule has 24 nitrogen and oxygen atoms in total. The van der Waals surface area contributed by atoms with Crippen molar-refractivity contribution in [1.82, 2.24) is 74.8 Å². The smallest absolute Gasteiger partial charge is 0.352 e.